The number of nitrogens with one attached hydrogen (secondary N) is 3. The molecule has 33 heavy (non-hydrogen) atoms. The van der Waals surface area contributed by atoms with Gasteiger partial charge in [0.05, 0.1) is 18.8 Å². The van der Waals surface area contributed by atoms with E-state index in [0.717, 1.165) is 11.9 Å². The van der Waals surface area contributed by atoms with Crippen molar-refractivity contribution < 1.29 is 23.1 Å². The van der Waals surface area contributed by atoms with Crippen molar-refractivity contribution in [1.29, 1.82) is 0 Å². The summed E-state index contributed by atoms with van der Waals surface area (Å²) in [6.45, 7) is -0.706. The van der Waals surface area contributed by atoms with Crippen LogP contribution in [0.2, 0.25) is 5.15 Å². The first kappa shape index (κ1) is 23.8. The highest BCUT2D eigenvalue weighted by Crippen LogP contribution is 2.27. The standard InChI is InChI=1S/C21H19ClF2N6O3/c22-18-17(19(29-12-28-18)26-10-16-14(23)7-4-8-25-16)30-20(31)15(24)9-27-21(32)33-11-13-5-2-1-3-6-13/h1-8,12,15H,9-11H2,(H,27,32)(H,30,31)(H,26,28,29)/t15-/m1/s1. The average molecular weight is 477 g/mol. The van der Waals surface area contributed by atoms with E-state index in [1.165, 1.54) is 18.3 Å². The topological polar surface area (TPSA) is 118 Å². The summed E-state index contributed by atoms with van der Waals surface area (Å²) in [4.78, 5) is 35.6. The fourth-order valence-electron chi connectivity index (χ4n) is 2.57. The van der Waals surface area contributed by atoms with E-state index in [1.807, 2.05) is 6.07 Å². The minimum atomic E-state index is -2.12. The Balaban J connectivity index is 1.53. The Bertz CT molecular complexity index is 1110. The number of ether oxygens (including phenoxy) is 1. The van der Waals surface area contributed by atoms with Crippen LogP contribution in [0.25, 0.3) is 0 Å². The van der Waals surface area contributed by atoms with Crippen LogP contribution in [0.1, 0.15) is 11.3 Å². The summed E-state index contributed by atoms with van der Waals surface area (Å²) in [6, 6.07) is 11.6. The van der Waals surface area contributed by atoms with Crippen LogP contribution in [0, 0.1) is 5.82 Å². The van der Waals surface area contributed by atoms with Crippen molar-refractivity contribution in [3.63, 3.8) is 0 Å². The molecule has 0 spiro atoms. The highest BCUT2D eigenvalue weighted by Gasteiger charge is 2.22. The van der Waals surface area contributed by atoms with Crippen LogP contribution in [0.15, 0.2) is 55.0 Å². The van der Waals surface area contributed by atoms with Crippen molar-refractivity contribution in [2.75, 3.05) is 17.2 Å². The van der Waals surface area contributed by atoms with Gasteiger partial charge in [-0.05, 0) is 17.7 Å². The Morgan fingerprint density at radius 1 is 1.09 bits per heavy atom. The summed E-state index contributed by atoms with van der Waals surface area (Å²) in [5.41, 5.74) is 0.757. The Hall–Kier alpha value is -3.86. The lowest BCUT2D eigenvalue weighted by Crippen LogP contribution is -2.37. The second-order valence-corrected chi connectivity index (χ2v) is 6.93. The molecule has 3 rings (SSSR count). The average Bonchev–Trinajstić information content (AvgIpc) is 2.83. The highest BCUT2D eigenvalue weighted by atomic mass is 35.5. The van der Waals surface area contributed by atoms with Gasteiger partial charge in [-0.15, -0.1) is 0 Å². The van der Waals surface area contributed by atoms with E-state index in [0.29, 0.717) is 0 Å². The van der Waals surface area contributed by atoms with Gasteiger partial charge >= 0.3 is 6.09 Å². The number of halogens is 3. The van der Waals surface area contributed by atoms with Crippen LogP contribution < -0.4 is 16.0 Å². The van der Waals surface area contributed by atoms with Crippen molar-refractivity contribution in [3.05, 3.63) is 77.2 Å². The number of carbonyl (C=O) groups excluding carboxylic acids is 2. The molecule has 1 aromatic carbocycles. The second-order valence-electron chi connectivity index (χ2n) is 6.57. The van der Waals surface area contributed by atoms with Crippen LogP contribution in [0.5, 0.6) is 0 Å². The van der Waals surface area contributed by atoms with Gasteiger partial charge in [-0.1, -0.05) is 41.9 Å². The van der Waals surface area contributed by atoms with Crippen LogP contribution >= 0.6 is 11.6 Å². The summed E-state index contributed by atoms with van der Waals surface area (Å²) in [5.74, 6) is -1.59. The molecule has 2 amide bonds. The lowest BCUT2D eigenvalue weighted by molar-refractivity contribution is -0.120. The van der Waals surface area contributed by atoms with E-state index in [-0.39, 0.29) is 35.5 Å². The van der Waals surface area contributed by atoms with E-state index >= 15 is 0 Å². The van der Waals surface area contributed by atoms with Crippen LogP contribution in [-0.2, 0) is 22.7 Å². The summed E-state index contributed by atoms with van der Waals surface area (Å²) >= 11 is 6.01. The maximum atomic E-state index is 14.3. The summed E-state index contributed by atoms with van der Waals surface area (Å²) in [7, 11) is 0. The lowest BCUT2D eigenvalue weighted by atomic mass is 10.2. The van der Waals surface area contributed by atoms with Crippen LogP contribution in [0.3, 0.4) is 0 Å². The number of aromatic nitrogens is 3. The molecular formula is C21H19ClF2N6O3. The molecule has 3 aromatic rings. The van der Waals surface area contributed by atoms with Gasteiger partial charge < -0.3 is 20.7 Å². The molecule has 0 radical (unpaired) electrons. The lowest BCUT2D eigenvalue weighted by Gasteiger charge is -2.15. The van der Waals surface area contributed by atoms with Gasteiger partial charge in [0.1, 0.15) is 24.4 Å². The zero-order valence-electron chi connectivity index (χ0n) is 17.1. The predicted octanol–water partition coefficient (Wildman–Crippen LogP) is 3.48. The molecule has 0 aliphatic rings. The quantitative estimate of drug-likeness (QED) is 0.404. The second kappa shape index (κ2) is 11.7. The zero-order valence-corrected chi connectivity index (χ0v) is 17.9. The van der Waals surface area contributed by atoms with Crippen molar-refractivity contribution in [3.8, 4) is 0 Å². The van der Waals surface area contributed by atoms with E-state index in [2.05, 4.69) is 30.9 Å². The number of amides is 2. The molecule has 0 bridgehead atoms. The Labute approximate surface area is 192 Å². The maximum absolute atomic E-state index is 14.3. The van der Waals surface area contributed by atoms with Gasteiger partial charge in [-0.25, -0.2) is 23.5 Å². The fraction of sp³-hybridized carbons (Fsp3) is 0.190. The molecule has 9 nitrogen and oxygen atoms in total. The Morgan fingerprint density at radius 3 is 2.64 bits per heavy atom. The number of hydrogen-bond acceptors (Lipinski definition) is 7. The van der Waals surface area contributed by atoms with E-state index in [9.17, 15) is 18.4 Å². The van der Waals surface area contributed by atoms with Gasteiger partial charge in [-0.3, -0.25) is 9.78 Å². The SMILES string of the molecule is O=C(NC[C@@H](F)C(=O)Nc1c(Cl)ncnc1NCc1ncccc1F)OCc1ccccc1. The highest BCUT2D eigenvalue weighted by molar-refractivity contribution is 6.33. The Morgan fingerprint density at radius 2 is 1.88 bits per heavy atom. The zero-order chi connectivity index (χ0) is 23.6. The molecule has 0 aliphatic carbocycles. The molecule has 2 aromatic heterocycles. The molecular weight excluding hydrogens is 458 g/mol. The molecule has 1 atom stereocenters. The number of alkyl carbamates (subject to hydrolysis) is 1. The van der Waals surface area contributed by atoms with E-state index in [1.54, 1.807) is 24.3 Å². The number of nitrogens with zero attached hydrogens (tertiary/aromatic N) is 3. The molecule has 12 heteroatoms. The third kappa shape index (κ3) is 7.07. The van der Waals surface area contributed by atoms with Crippen molar-refractivity contribution in [1.82, 2.24) is 20.3 Å². The number of carbonyl (C=O) groups is 2. The van der Waals surface area contributed by atoms with E-state index in [4.69, 9.17) is 16.3 Å². The molecule has 0 saturated carbocycles. The molecule has 3 N–H and O–H groups in total. The summed E-state index contributed by atoms with van der Waals surface area (Å²) in [6.07, 6.45) is -0.463. The minimum Gasteiger partial charge on any atom is -0.445 e. The first-order chi connectivity index (χ1) is 15.9. The van der Waals surface area contributed by atoms with Gasteiger partial charge in [0.25, 0.3) is 5.91 Å². The van der Waals surface area contributed by atoms with Gasteiger partial charge in [0.15, 0.2) is 17.1 Å². The largest absolute Gasteiger partial charge is 0.445 e. The number of anilines is 2. The molecule has 0 unspecified atom stereocenters. The number of alkyl halides is 1. The third-order valence-electron chi connectivity index (χ3n) is 4.23. The summed E-state index contributed by atoms with van der Waals surface area (Å²) < 4.78 is 33.1. The first-order valence-electron chi connectivity index (χ1n) is 9.67. The maximum Gasteiger partial charge on any atom is 0.407 e. The van der Waals surface area contributed by atoms with Gasteiger partial charge in [0.2, 0.25) is 0 Å². The fourth-order valence-corrected chi connectivity index (χ4v) is 2.75. The summed E-state index contributed by atoms with van der Waals surface area (Å²) in [5, 5.41) is 7.06. The number of benzene rings is 1. The van der Waals surface area contributed by atoms with Crippen molar-refractivity contribution in [2.45, 2.75) is 19.3 Å². The molecule has 0 fully saturated rings. The van der Waals surface area contributed by atoms with Gasteiger partial charge in [-0.2, -0.15) is 0 Å². The van der Waals surface area contributed by atoms with Crippen molar-refractivity contribution in [2.24, 2.45) is 0 Å². The normalized spacial score (nSPS) is 11.4. The van der Waals surface area contributed by atoms with Gasteiger partial charge in [0, 0.05) is 6.20 Å². The van der Waals surface area contributed by atoms with Crippen LogP contribution in [0.4, 0.5) is 25.1 Å². The molecule has 0 saturated heterocycles. The molecule has 172 valence electrons. The molecule has 0 aliphatic heterocycles. The Kier molecular flexibility index (Phi) is 8.42. The van der Waals surface area contributed by atoms with Crippen LogP contribution in [-0.4, -0.2) is 39.7 Å². The first-order valence-corrected chi connectivity index (χ1v) is 10.0. The minimum absolute atomic E-state index is 0.00131. The third-order valence-corrected chi connectivity index (χ3v) is 4.52. The van der Waals surface area contributed by atoms with Crippen molar-refractivity contribution >= 4 is 35.1 Å². The van der Waals surface area contributed by atoms with E-state index < -0.39 is 30.5 Å². The number of pyridine rings is 1. The smallest absolute Gasteiger partial charge is 0.407 e. The predicted molar refractivity (Wildman–Crippen MR) is 117 cm³/mol. The number of hydrogen-bond donors (Lipinski definition) is 3. The number of rotatable bonds is 9. The monoisotopic (exact) mass is 476 g/mol. The molecule has 2 heterocycles.